The molecule has 0 spiro atoms. The summed E-state index contributed by atoms with van der Waals surface area (Å²) >= 11 is 1.46. The molecule has 0 fully saturated rings. The molecule has 0 unspecified atom stereocenters. The maximum absolute atomic E-state index is 11.9. The highest BCUT2D eigenvalue weighted by Gasteiger charge is 2.15. The number of carbonyl (C=O) groups is 1. The molecule has 2 N–H and O–H groups in total. The van der Waals surface area contributed by atoms with Gasteiger partial charge in [0.25, 0.3) is 5.91 Å². The lowest BCUT2D eigenvalue weighted by Gasteiger charge is -2.18. The van der Waals surface area contributed by atoms with Crippen LogP contribution in [0.4, 0.5) is 5.69 Å². The third-order valence-electron chi connectivity index (χ3n) is 2.15. The Kier molecular flexibility index (Phi) is 3.74. The number of nitrogen functional groups attached to an aromatic ring is 1. The zero-order valence-electron chi connectivity index (χ0n) is 9.70. The van der Waals surface area contributed by atoms with Crippen molar-refractivity contribution < 1.29 is 4.79 Å². The monoisotopic (exact) mass is 226 g/mol. The Bertz CT molecular complexity index is 338. The van der Waals surface area contributed by atoms with Crippen LogP contribution in [0.2, 0.25) is 0 Å². The Labute approximate surface area is 94.9 Å². The van der Waals surface area contributed by atoms with E-state index in [2.05, 4.69) is 13.8 Å². The Morgan fingerprint density at radius 3 is 2.60 bits per heavy atom. The van der Waals surface area contributed by atoms with Crippen LogP contribution >= 0.6 is 11.3 Å². The Hall–Kier alpha value is -1.03. The summed E-state index contributed by atoms with van der Waals surface area (Å²) in [4.78, 5) is 15.4. The molecule has 0 aliphatic carbocycles. The van der Waals surface area contributed by atoms with Gasteiger partial charge >= 0.3 is 0 Å². The van der Waals surface area contributed by atoms with E-state index in [0.717, 1.165) is 16.3 Å². The topological polar surface area (TPSA) is 46.3 Å². The molecule has 0 bridgehead atoms. The zero-order valence-corrected chi connectivity index (χ0v) is 10.5. The van der Waals surface area contributed by atoms with Crippen LogP contribution in [0.5, 0.6) is 0 Å². The molecule has 0 atom stereocenters. The van der Waals surface area contributed by atoms with Gasteiger partial charge in [-0.2, -0.15) is 0 Å². The summed E-state index contributed by atoms with van der Waals surface area (Å²) in [7, 11) is 1.83. The molecule has 1 aromatic rings. The van der Waals surface area contributed by atoms with Gasteiger partial charge in [0.15, 0.2) is 0 Å². The van der Waals surface area contributed by atoms with Crippen molar-refractivity contribution in [2.24, 2.45) is 5.92 Å². The third-order valence-corrected chi connectivity index (χ3v) is 3.21. The van der Waals surface area contributed by atoms with Crippen LogP contribution in [0.3, 0.4) is 0 Å². The fraction of sp³-hybridized carbons (Fsp3) is 0.545. The predicted octanol–water partition coefficient (Wildman–Crippen LogP) is 2.37. The number of hydrogen-bond donors (Lipinski definition) is 1. The number of hydrogen-bond acceptors (Lipinski definition) is 3. The van der Waals surface area contributed by atoms with Crippen molar-refractivity contribution in [3.8, 4) is 0 Å². The summed E-state index contributed by atoms with van der Waals surface area (Å²) < 4.78 is 0. The van der Waals surface area contributed by atoms with Gasteiger partial charge in [0.1, 0.15) is 0 Å². The van der Waals surface area contributed by atoms with E-state index in [1.165, 1.54) is 11.3 Å². The molecule has 1 aromatic heterocycles. The standard InChI is InChI=1S/C11H18N2OS/c1-7(2)6-13(4)11(14)10-5-9(12)8(3)15-10/h5,7H,6,12H2,1-4H3. The molecule has 1 amide bonds. The summed E-state index contributed by atoms with van der Waals surface area (Å²) in [5.74, 6) is 0.547. The number of nitrogens with two attached hydrogens (primary N) is 1. The minimum atomic E-state index is 0.0634. The van der Waals surface area contributed by atoms with Crippen LogP contribution in [-0.4, -0.2) is 24.4 Å². The lowest BCUT2D eigenvalue weighted by molar-refractivity contribution is 0.0784. The molecule has 0 aliphatic rings. The fourth-order valence-corrected chi connectivity index (χ4v) is 2.36. The number of carbonyl (C=O) groups excluding carboxylic acids is 1. The van der Waals surface area contributed by atoms with Crippen molar-refractivity contribution in [1.82, 2.24) is 4.90 Å². The molecule has 0 aliphatic heterocycles. The van der Waals surface area contributed by atoms with E-state index in [-0.39, 0.29) is 5.91 Å². The molecule has 15 heavy (non-hydrogen) atoms. The molecule has 84 valence electrons. The first-order valence-corrected chi connectivity index (χ1v) is 5.84. The predicted molar refractivity (Wildman–Crippen MR) is 65.3 cm³/mol. The smallest absolute Gasteiger partial charge is 0.263 e. The van der Waals surface area contributed by atoms with E-state index in [4.69, 9.17) is 5.73 Å². The largest absolute Gasteiger partial charge is 0.398 e. The van der Waals surface area contributed by atoms with Gasteiger partial charge < -0.3 is 10.6 Å². The number of aryl methyl sites for hydroxylation is 1. The minimum absolute atomic E-state index is 0.0634. The first kappa shape index (κ1) is 12.0. The molecule has 1 rings (SSSR count). The van der Waals surface area contributed by atoms with Gasteiger partial charge in [-0.25, -0.2) is 0 Å². The molecule has 1 heterocycles. The van der Waals surface area contributed by atoms with Crippen LogP contribution < -0.4 is 5.73 Å². The maximum Gasteiger partial charge on any atom is 0.263 e. The molecular formula is C11H18N2OS. The molecular weight excluding hydrogens is 208 g/mol. The van der Waals surface area contributed by atoms with Crippen molar-refractivity contribution in [2.45, 2.75) is 20.8 Å². The van der Waals surface area contributed by atoms with E-state index in [1.54, 1.807) is 11.0 Å². The van der Waals surface area contributed by atoms with Crippen LogP contribution in [0.15, 0.2) is 6.07 Å². The highest BCUT2D eigenvalue weighted by atomic mass is 32.1. The number of rotatable bonds is 3. The average molecular weight is 226 g/mol. The summed E-state index contributed by atoms with van der Waals surface area (Å²) in [6.07, 6.45) is 0. The highest BCUT2D eigenvalue weighted by Crippen LogP contribution is 2.24. The second-order valence-electron chi connectivity index (χ2n) is 4.20. The summed E-state index contributed by atoms with van der Waals surface area (Å²) in [6, 6.07) is 1.76. The SMILES string of the molecule is Cc1sc(C(=O)N(C)CC(C)C)cc1N. The van der Waals surface area contributed by atoms with E-state index >= 15 is 0 Å². The van der Waals surface area contributed by atoms with Gasteiger partial charge in [0.05, 0.1) is 4.88 Å². The minimum Gasteiger partial charge on any atom is -0.398 e. The van der Waals surface area contributed by atoms with Gasteiger partial charge in [0, 0.05) is 24.2 Å². The third kappa shape index (κ3) is 2.96. The zero-order chi connectivity index (χ0) is 11.6. The second kappa shape index (κ2) is 4.66. The first-order chi connectivity index (χ1) is 6.91. The molecule has 0 saturated carbocycles. The first-order valence-electron chi connectivity index (χ1n) is 5.03. The van der Waals surface area contributed by atoms with E-state index < -0.39 is 0 Å². The van der Waals surface area contributed by atoms with Crippen molar-refractivity contribution in [2.75, 3.05) is 19.3 Å². The van der Waals surface area contributed by atoms with Crippen LogP contribution in [0.25, 0.3) is 0 Å². The van der Waals surface area contributed by atoms with Crippen molar-refractivity contribution in [3.05, 3.63) is 15.8 Å². The van der Waals surface area contributed by atoms with Crippen molar-refractivity contribution in [3.63, 3.8) is 0 Å². The number of nitrogens with zero attached hydrogens (tertiary/aromatic N) is 1. The average Bonchev–Trinajstić information content (AvgIpc) is 2.44. The quantitative estimate of drug-likeness (QED) is 0.860. The maximum atomic E-state index is 11.9. The summed E-state index contributed by atoms with van der Waals surface area (Å²) in [6.45, 7) is 6.89. The second-order valence-corrected chi connectivity index (χ2v) is 5.46. The van der Waals surface area contributed by atoms with Gasteiger partial charge in [-0.3, -0.25) is 4.79 Å². The van der Waals surface area contributed by atoms with Crippen LogP contribution in [0, 0.1) is 12.8 Å². The Morgan fingerprint density at radius 2 is 2.20 bits per heavy atom. The van der Waals surface area contributed by atoms with E-state index in [1.807, 2.05) is 14.0 Å². The fourth-order valence-electron chi connectivity index (χ4n) is 1.42. The number of amides is 1. The highest BCUT2D eigenvalue weighted by molar-refractivity contribution is 7.14. The normalized spacial score (nSPS) is 10.7. The van der Waals surface area contributed by atoms with Crippen LogP contribution in [-0.2, 0) is 0 Å². The number of anilines is 1. The van der Waals surface area contributed by atoms with Crippen molar-refractivity contribution in [1.29, 1.82) is 0 Å². The van der Waals surface area contributed by atoms with Gasteiger partial charge in [-0.1, -0.05) is 13.8 Å². The van der Waals surface area contributed by atoms with Crippen molar-refractivity contribution >= 4 is 22.9 Å². The van der Waals surface area contributed by atoms with Gasteiger partial charge in [-0.05, 0) is 18.9 Å². The molecule has 0 radical (unpaired) electrons. The van der Waals surface area contributed by atoms with Crippen LogP contribution in [0.1, 0.15) is 28.4 Å². The molecule has 4 heteroatoms. The molecule has 0 saturated heterocycles. The Morgan fingerprint density at radius 1 is 1.60 bits per heavy atom. The lowest BCUT2D eigenvalue weighted by Crippen LogP contribution is -2.29. The van der Waals surface area contributed by atoms with Gasteiger partial charge in [-0.15, -0.1) is 11.3 Å². The van der Waals surface area contributed by atoms with E-state index in [0.29, 0.717) is 11.6 Å². The summed E-state index contributed by atoms with van der Waals surface area (Å²) in [5.41, 5.74) is 6.43. The molecule has 3 nitrogen and oxygen atoms in total. The Balaban J connectivity index is 2.76. The molecule has 0 aromatic carbocycles. The summed E-state index contributed by atoms with van der Waals surface area (Å²) in [5, 5.41) is 0. The van der Waals surface area contributed by atoms with E-state index in [9.17, 15) is 4.79 Å². The lowest BCUT2D eigenvalue weighted by atomic mass is 10.2. The number of thiophene rings is 1. The van der Waals surface area contributed by atoms with Gasteiger partial charge in [0.2, 0.25) is 0 Å².